The Labute approximate surface area is 200 Å². The van der Waals surface area contributed by atoms with Crippen LogP contribution in [0.3, 0.4) is 0 Å². The number of imide groups is 1. The van der Waals surface area contributed by atoms with Crippen LogP contribution in [-0.4, -0.2) is 57.1 Å². The number of hydrogen-bond acceptors (Lipinski definition) is 6. The van der Waals surface area contributed by atoms with E-state index in [9.17, 15) is 14.4 Å². The Morgan fingerprint density at radius 1 is 1.06 bits per heavy atom. The largest absolute Gasteiger partial charge is 0.493 e. The summed E-state index contributed by atoms with van der Waals surface area (Å²) in [5.74, 6) is 0.168. The van der Waals surface area contributed by atoms with Gasteiger partial charge in [0.15, 0.2) is 11.5 Å². The molecule has 2 aromatic rings. The number of hydrogen-bond donors (Lipinski definition) is 1. The van der Waals surface area contributed by atoms with Crippen molar-refractivity contribution >= 4 is 17.7 Å². The minimum atomic E-state index is -1.24. The van der Waals surface area contributed by atoms with E-state index < -0.39 is 5.41 Å². The molecule has 0 spiro atoms. The topological polar surface area (TPSA) is 94.2 Å². The van der Waals surface area contributed by atoms with Crippen LogP contribution in [0.1, 0.15) is 36.0 Å². The van der Waals surface area contributed by atoms with Crippen molar-refractivity contribution in [1.82, 2.24) is 10.2 Å². The monoisotopic (exact) mass is 468 g/mol. The first kappa shape index (κ1) is 25.2. The van der Waals surface area contributed by atoms with Crippen molar-refractivity contribution in [3.05, 3.63) is 59.2 Å². The summed E-state index contributed by atoms with van der Waals surface area (Å²) < 4.78 is 15.8. The van der Waals surface area contributed by atoms with Gasteiger partial charge in [-0.25, -0.2) is 0 Å². The average molecular weight is 469 g/mol. The summed E-state index contributed by atoms with van der Waals surface area (Å²) in [6.07, 6.45) is 0.370. The quantitative estimate of drug-likeness (QED) is 0.403. The lowest BCUT2D eigenvalue weighted by Crippen LogP contribution is -2.43. The van der Waals surface area contributed by atoms with Gasteiger partial charge >= 0.3 is 0 Å². The maximum atomic E-state index is 13.6. The van der Waals surface area contributed by atoms with Crippen LogP contribution in [0.25, 0.3) is 0 Å². The minimum absolute atomic E-state index is 0.0421. The fraction of sp³-hybridized carbons (Fsp3) is 0.423. The normalized spacial score (nSPS) is 17.7. The number of nitrogens with zero attached hydrogens (tertiary/aromatic N) is 1. The standard InChI is InChI=1S/C26H32N2O6/c1-18-9-5-6-11-20(18)26(16-23(30)28(25(26)31)13-8-14-32-2)15-22(29)27-17-19-10-7-12-21(33-3)24(19)34-4/h5-7,9-12H,8,13-17H2,1-4H3,(H,27,29). The second-order valence-corrected chi connectivity index (χ2v) is 8.38. The Hall–Kier alpha value is -3.39. The van der Waals surface area contributed by atoms with Gasteiger partial charge in [-0.05, 0) is 30.5 Å². The van der Waals surface area contributed by atoms with Crippen molar-refractivity contribution < 1.29 is 28.6 Å². The molecule has 1 unspecified atom stereocenters. The zero-order valence-electron chi connectivity index (χ0n) is 20.2. The number of carbonyl (C=O) groups excluding carboxylic acids is 3. The number of rotatable bonds is 11. The Bertz CT molecular complexity index is 1050. The van der Waals surface area contributed by atoms with Gasteiger partial charge in [-0.15, -0.1) is 0 Å². The number of para-hydroxylation sites is 1. The van der Waals surface area contributed by atoms with E-state index in [1.165, 1.54) is 12.0 Å². The summed E-state index contributed by atoms with van der Waals surface area (Å²) >= 11 is 0. The molecule has 2 aromatic carbocycles. The number of nitrogens with one attached hydrogen (secondary N) is 1. The van der Waals surface area contributed by atoms with Gasteiger partial charge in [-0.2, -0.15) is 0 Å². The molecule has 0 bridgehead atoms. The molecule has 182 valence electrons. The summed E-state index contributed by atoms with van der Waals surface area (Å²) in [5.41, 5.74) is 1.08. The van der Waals surface area contributed by atoms with Crippen LogP contribution in [0, 0.1) is 6.92 Å². The molecule has 8 nitrogen and oxygen atoms in total. The molecule has 1 saturated heterocycles. The molecule has 1 aliphatic heterocycles. The lowest BCUT2D eigenvalue weighted by Gasteiger charge is -2.28. The van der Waals surface area contributed by atoms with Crippen LogP contribution in [-0.2, 0) is 31.1 Å². The van der Waals surface area contributed by atoms with Crippen LogP contribution < -0.4 is 14.8 Å². The SMILES string of the molecule is COCCCN1C(=O)CC(CC(=O)NCc2cccc(OC)c2OC)(c2ccccc2C)C1=O. The Morgan fingerprint density at radius 3 is 2.50 bits per heavy atom. The first-order chi connectivity index (χ1) is 16.4. The second kappa shape index (κ2) is 11.2. The third-order valence-corrected chi connectivity index (χ3v) is 6.22. The fourth-order valence-corrected chi connectivity index (χ4v) is 4.57. The summed E-state index contributed by atoms with van der Waals surface area (Å²) in [6, 6.07) is 12.8. The fourth-order valence-electron chi connectivity index (χ4n) is 4.57. The number of carbonyl (C=O) groups is 3. The molecule has 0 radical (unpaired) electrons. The molecular weight excluding hydrogens is 436 g/mol. The molecule has 3 amide bonds. The van der Waals surface area contributed by atoms with Crippen LogP contribution >= 0.6 is 0 Å². The number of methoxy groups -OCH3 is 3. The summed E-state index contributed by atoms with van der Waals surface area (Å²) in [5, 5.41) is 2.89. The van der Waals surface area contributed by atoms with E-state index in [4.69, 9.17) is 14.2 Å². The first-order valence-corrected chi connectivity index (χ1v) is 11.2. The van der Waals surface area contributed by atoms with Crippen molar-refractivity contribution in [3.8, 4) is 11.5 Å². The van der Waals surface area contributed by atoms with Gasteiger partial charge in [-0.1, -0.05) is 36.4 Å². The highest BCUT2D eigenvalue weighted by molar-refractivity contribution is 6.10. The first-order valence-electron chi connectivity index (χ1n) is 11.2. The molecule has 0 aliphatic carbocycles. The highest BCUT2D eigenvalue weighted by Crippen LogP contribution is 2.41. The molecule has 1 aliphatic rings. The van der Waals surface area contributed by atoms with E-state index in [2.05, 4.69) is 5.32 Å². The van der Waals surface area contributed by atoms with Gasteiger partial charge in [0.25, 0.3) is 0 Å². The molecular formula is C26H32N2O6. The smallest absolute Gasteiger partial charge is 0.240 e. The average Bonchev–Trinajstić information content (AvgIpc) is 3.07. The van der Waals surface area contributed by atoms with E-state index in [1.807, 2.05) is 43.3 Å². The Kier molecular flexibility index (Phi) is 8.28. The Morgan fingerprint density at radius 2 is 1.82 bits per heavy atom. The van der Waals surface area contributed by atoms with Crippen molar-refractivity contribution in [2.75, 3.05) is 34.5 Å². The Balaban J connectivity index is 1.85. The molecule has 1 fully saturated rings. The van der Waals surface area contributed by atoms with Crippen molar-refractivity contribution in [1.29, 1.82) is 0 Å². The lowest BCUT2D eigenvalue weighted by molar-refractivity contribution is -0.141. The lowest BCUT2D eigenvalue weighted by atomic mass is 9.74. The van der Waals surface area contributed by atoms with Gasteiger partial charge in [0.1, 0.15) is 0 Å². The molecule has 3 rings (SSSR count). The molecule has 1 N–H and O–H groups in total. The number of aryl methyl sites for hydroxylation is 1. The van der Waals surface area contributed by atoms with E-state index in [0.717, 1.165) is 11.1 Å². The summed E-state index contributed by atoms with van der Waals surface area (Å²) in [4.78, 5) is 40.9. The number of amides is 3. The highest BCUT2D eigenvalue weighted by atomic mass is 16.5. The zero-order chi connectivity index (χ0) is 24.7. The van der Waals surface area contributed by atoms with E-state index >= 15 is 0 Å². The molecule has 1 atom stereocenters. The minimum Gasteiger partial charge on any atom is -0.493 e. The molecule has 1 heterocycles. The van der Waals surface area contributed by atoms with Crippen LogP contribution in [0.4, 0.5) is 0 Å². The van der Waals surface area contributed by atoms with Crippen molar-refractivity contribution in [2.45, 2.75) is 38.1 Å². The third-order valence-electron chi connectivity index (χ3n) is 6.22. The maximum Gasteiger partial charge on any atom is 0.240 e. The van der Waals surface area contributed by atoms with E-state index in [0.29, 0.717) is 30.1 Å². The van der Waals surface area contributed by atoms with Crippen LogP contribution in [0.15, 0.2) is 42.5 Å². The van der Waals surface area contributed by atoms with E-state index in [-0.39, 0.29) is 43.7 Å². The number of likely N-dealkylation sites (tertiary alicyclic amines) is 1. The zero-order valence-corrected chi connectivity index (χ0v) is 20.2. The van der Waals surface area contributed by atoms with Gasteiger partial charge < -0.3 is 19.5 Å². The molecule has 34 heavy (non-hydrogen) atoms. The van der Waals surface area contributed by atoms with Crippen molar-refractivity contribution in [2.24, 2.45) is 0 Å². The van der Waals surface area contributed by atoms with E-state index in [1.54, 1.807) is 20.3 Å². The van der Waals surface area contributed by atoms with Crippen molar-refractivity contribution in [3.63, 3.8) is 0 Å². The predicted molar refractivity (Wildman–Crippen MR) is 127 cm³/mol. The molecule has 0 saturated carbocycles. The van der Waals surface area contributed by atoms with Gasteiger partial charge in [0.2, 0.25) is 17.7 Å². The van der Waals surface area contributed by atoms with Gasteiger partial charge in [0, 0.05) is 45.2 Å². The summed E-state index contributed by atoms with van der Waals surface area (Å²) in [7, 11) is 4.66. The molecule has 8 heteroatoms. The number of benzene rings is 2. The molecule has 0 aromatic heterocycles. The summed E-state index contributed by atoms with van der Waals surface area (Å²) in [6.45, 7) is 2.79. The van der Waals surface area contributed by atoms with Crippen LogP contribution in [0.5, 0.6) is 11.5 Å². The highest BCUT2D eigenvalue weighted by Gasteiger charge is 2.53. The third kappa shape index (κ3) is 5.07. The maximum absolute atomic E-state index is 13.6. The predicted octanol–water partition coefficient (Wildman–Crippen LogP) is 2.75. The second-order valence-electron chi connectivity index (χ2n) is 8.38. The van der Waals surface area contributed by atoms with Gasteiger partial charge in [-0.3, -0.25) is 19.3 Å². The van der Waals surface area contributed by atoms with Crippen LogP contribution in [0.2, 0.25) is 0 Å². The van der Waals surface area contributed by atoms with Gasteiger partial charge in [0.05, 0.1) is 19.6 Å². The number of ether oxygens (including phenoxy) is 3.